The van der Waals surface area contributed by atoms with Crippen LogP contribution in [0.1, 0.15) is 35.7 Å². The molecule has 1 aromatic heterocycles. The molecule has 2 heteroatoms. The minimum Gasteiger partial charge on any atom is -0.303 e. The average molecular weight is 251 g/mol. The van der Waals surface area contributed by atoms with Gasteiger partial charge in [0.05, 0.1) is 11.6 Å². The Kier molecular flexibility index (Phi) is 3.16. The highest BCUT2D eigenvalue weighted by molar-refractivity contribution is 5.72. The maximum Gasteiger partial charge on any atom is 0.129 e. The molecule has 19 heavy (non-hydrogen) atoms. The standard InChI is InChI=1S/C17H17NO/c1-12-10-16(13-6-3-2-4-7-13)15-9-5-8-14(11-19)17(15)18-12/h2-4,6-7,10-11,14H,5,8-9H2,1H3. The van der Waals surface area contributed by atoms with E-state index in [0.717, 1.165) is 36.9 Å². The lowest BCUT2D eigenvalue weighted by atomic mass is 9.83. The van der Waals surface area contributed by atoms with Gasteiger partial charge in [-0.3, -0.25) is 4.98 Å². The van der Waals surface area contributed by atoms with Gasteiger partial charge in [0.1, 0.15) is 6.29 Å². The molecule has 0 radical (unpaired) electrons. The molecule has 2 nitrogen and oxygen atoms in total. The zero-order valence-electron chi connectivity index (χ0n) is 11.1. The second-order valence-corrected chi connectivity index (χ2v) is 5.18. The van der Waals surface area contributed by atoms with Gasteiger partial charge in [-0.1, -0.05) is 30.3 Å². The van der Waals surface area contributed by atoms with Crippen LogP contribution < -0.4 is 0 Å². The summed E-state index contributed by atoms with van der Waals surface area (Å²) in [6, 6.07) is 12.5. The van der Waals surface area contributed by atoms with E-state index in [2.05, 4.69) is 35.3 Å². The van der Waals surface area contributed by atoms with E-state index in [-0.39, 0.29) is 5.92 Å². The maximum absolute atomic E-state index is 11.2. The first-order chi connectivity index (χ1) is 9.29. The van der Waals surface area contributed by atoms with Crippen molar-refractivity contribution in [3.63, 3.8) is 0 Å². The molecule has 1 aliphatic rings. The van der Waals surface area contributed by atoms with Gasteiger partial charge in [-0.2, -0.15) is 0 Å². The molecule has 0 amide bonds. The first-order valence-corrected chi connectivity index (χ1v) is 6.80. The third kappa shape index (κ3) is 2.19. The predicted octanol–water partition coefficient (Wildman–Crippen LogP) is 3.68. The average Bonchev–Trinajstić information content (AvgIpc) is 2.46. The molecule has 96 valence electrons. The number of aldehydes is 1. The lowest BCUT2D eigenvalue weighted by molar-refractivity contribution is -0.109. The van der Waals surface area contributed by atoms with E-state index in [4.69, 9.17) is 0 Å². The molecule has 0 bridgehead atoms. The Hall–Kier alpha value is -1.96. The van der Waals surface area contributed by atoms with Crippen LogP contribution in [0.3, 0.4) is 0 Å². The zero-order chi connectivity index (χ0) is 13.2. The Morgan fingerprint density at radius 1 is 1.26 bits per heavy atom. The number of aryl methyl sites for hydroxylation is 1. The molecule has 3 rings (SSSR count). The largest absolute Gasteiger partial charge is 0.303 e. The third-order valence-electron chi connectivity index (χ3n) is 3.83. The van der Waals surface area contributed by atoms with Crippen LogP contribution in [0.25, 0.3) is 11.1 Å². The fourth-order valence-corrected chi connectivity index (χ4v) is 2.94. The van der Waals surface area contributed by atoms with Crippen molar-refractivity contribution in [3.8, 4) is 11.1 Å². The van der Waals surface area contributed by atoms with Crippen molar-refractivity contribution in [2.75, 3.05) is 0 Å². The van der Waals surface area contributed by atoms with Crippen LogP contribution in [0, 0.1) is 6.92 Å². The van der Waals surface area contributed by atoms with E-state index in [1.807, 2.05) is 13.0 Å². The fourth-order valence-electron chi connectivity index (χ4n) is 2.94. The quantitative estimate of drug-likeness (QED) is 0.762. The van der Waals surface area contributed by atoms with Crippen LogP contribution in [0.2, 0.25) is 0 Å². The van der Waals surface area contributed by atoms with E-state index in [9.17, 15) is 4.79 Å². The second-order valence-electron chi connectivity index (χ2n) is 5.18. The molecule has 1 aliphatic carbocycles. The van der Waals surface area contributed by atoms with Crippen molar-refractivity contribution in [1.82, 2.24) is 4.98 Å². The van der Waals surface area contributed by atoms with Crippen molar-refractivity contribution >= 4 is 6.29 Å². The summed E-state index contributed by atoms with van der Waals surface area (Å²) >= 11 is 0. The van der Waals surface area contributed by atoms with Crippen molar-refractivity contribution in [2.45, 2.75) is 32.1 Å². The number of benzene rings is 1. The van der Waals surface area contributed by atoms with Gasteiger partial charge in [0.2, 0.25) is 0 Å². The smallest absolute Gasteiger partial charge is 0.129 e. The molecule has 0 fully saturated rings. The number of rotatable bonds is 2. The second kappa shape index (κ2) is 4.96. The van der Waals surface area contributed by atoms with Gasteiger partial charge in [-0.25, -0.2) is 0 Å². The lowest BCUT2D eigenvalue weighted by Crippen LogP contribution is -2.15. The summed E-state index contributed by atoms with van der Waals surface area (Å²) in [5.41, 5.74) is 5.72. The van der Waals surface area contributed by atoms with E-state index in [1.165, 1.54) is 16.7 Å². The van der Waals surface area contributed by atoms with Gasteiger partial charge >= 0.3 is 0 Å². The number of carbonyl (C=O) groups is 1. The first kappa shape index (κ1) is 12.1. The molecule has 0 saturated carbocycles. The van der Waals surface area contributed by atoms with Crippen molar-refractivity contribution < 1.29 is 4.79 Å². The van der Waals surface area contributed by atoms with Crippen LogP contribution in [0.15, 0.2) is 36.4 Å². The van der Waals surface area contributed by atoms with E-state index >= 15 is 0 Å². The Balaban J connectivity index is 2.21. The Morgan fingerprint density at radius 3 is 2.79 bits per heavy atom. The highest BCUT2D eigenvalue weighted by Gasteiger charge is 2.24. The van der Waals surface area contributed by atoms with Crippen molar-refractivity contribution in [1.29, 1.82) is 0 Å². The van der Waals surface area contributed by atoms with Gasteiger partial charge in [0.15, 0.2) is 0 Å². The molecule has 0 saturated heterocycles. The molecular formula is C17H17NO. The van der Waals surface area contributed by atoms with E-state index in [1.54, 1.807) is 0 Å². The molecule has 1 aromatic carbocycles. The summed E-state index contributed by atoms with van der Waals surface area (Å²) in [7, 11) is 0. The van der Waals surface area contributed by atoms with E-state index in [0.29, 0.717) is 0 Å². The summed E-state index contributed by atoms with van der Waals surface area (Å²) in [6.07, 6.45) is 4.08. The minimum absolute atomic E-state index is 0.0221. The normalized spacial score (nSPS) is 17.8. The number of aromatic nitrogens is 1. The monoisotopic (exact) mass is 251 g/mol. The maximum atomic E-state index is 11.2. The minimum atomic E-state index is -0.0221. The summed E-state index contributed by atoms with van der Waals surface area (Å²) in [5, 5.41) is 0. The van der Waals surface area contributed by atoms with Crippen LogP contribution in [0.5, 0.6) is 0 Å². The van der Waals surface area contributed by atoms with Gasteiger partial charge < -0.3 is 4.79 Å². The van der Waals surface area contributed by atoms with Gasteiger partial charge in [0.25, 0.3) is 0 Å². The molecular weight excluding hydrogens is 234 g/mol. The number of hydrogen-bond acceptors (Lipinski definition) is 2. The Morgan fingerprint density at radius 2 is 2.05 bits per heavy atom. The van der Waals surface area contributed by atoms with Crippen LogP contribution in [-0.2, 0) is 11.2 Å². The fraction of sp³-hybridized carbons (Fsp3) is 0.294. The molecule has 0 spiro atoms. The van der Waals surface area contributed by atoms with Gasteiger partial charge in [-0.05, 0) is 48.9 Å². The van der Waals surface area contributed by atoms with Crippen molar-refractivity contribution in [3.05, 3.63) is 53.3 Å². The predicted molar refractivity (Wildman–Crippen MR) is 76.2 cm³/mol. The summed E-state index contributed by atoms with van der Waals surface area (Å²) < 4.78 is 0. The molecule has 0 N–H and O–H groups in total. The highest BCUT2D eigenvalue weighted by Crippen LogP contribution is 2.35. The number of fused-ring (bicyclic) bond motifs is 1. The van der Waals surface area contributed by atoms with Crippen LogP contribution in [-0.4, -0.2) is 11.3 Å². The topological polar surface area (TPSA) is 30.0 Å². The number of pyridine rings is 1. The highest BCUT2D eigenvalue weighted by atomic mass is 16.1. The Labute approximate surface area is 113 Å². The SMILES string of the molecule is Cc1cc(-c2ccccc2)c2c(n1)C(C=O)CCC2. The summed E-state index contributed by atoms with van der Waals surface area (Å²) in [5.74, 6) is -0.0221. The van der Waals surface area contributed by atoms with Gasteiger partial charge in [0, 0.05) is 5.69 Å². The van der Waals surface area contributed by atoms with Gasteiger partial charge in [-0.15, -0.1) is 0 Å². The van der Waals surface area contributed by atoms with Crippen molar-refractivity contribution in [2.24, 2.45) is 0 Å². The molecule has 0 aliphatic heterocycles. The number of carbonyl (C=O) groups excluding carboxylic acids is 1. The third-order valence-corrected chi connectivity index (χ3v) is 3.83. The molecule has 2 aromatic rings. The summed E-state index contributed by atoms with van der Waals surface area (Å²) in [6.45, 7) is 2.00. The van der Waals surface area contributed by atoms with Crippen LogP contribution >= 0.6 is 0 Å². The Bertz CT molecular complexity index is 604. The first-order valence-electron chi connectivity index (χ1n) is 6.80. The molecule has 1 heterocycles. The molecule has 1 atom stereocenters. The van der Waals surface area contributed by atoms with E-state index < -0.39 is 0 Å². The number of hydrogen-bond donors (Lipinski definition) is 0. The van der Waals surface area contributed by atoms with Crippen LogP contribution in [0.4, 0.5) is 0 Å². The lowest BCUT2D eigenvalue weighted by Gasteiger charge is -2.23. The molecule has 1 unspecified atom stereocenters. The number of nitrogens with zero attached hydrogens (tertiary/aromatic N) is 1. The summed E-state index contributed by atoms with van der Waals surface area (Å²) in [4.78, 5) is 15.9. The zero-order valence-corrected chi connectivity index (χ0v) is 11.1.